The summed E-state index contributed by atoms with van der Waals surface area (Å²) in [6.07, 6.45) is 1.65. The van der Waals surface area contributed by atoms with Crippen LogP contribution in [0.4, 0.5) is 0 Å². The molecule has 0 aromatic carbocycles. The molecule has 2 aromatic heterocycles. The number of aromatic nitrogens is 3. The molecular weight excluding hydrogens is 218 g/mol. The van der Waals surface area contributed by atoms with E-state index < -0.39 is 0 Å². The standard InChI is InChI=1S/C9H8ClN3S/c1-5-8(14-6(2)12-5)7-3-4-11-9(10)13-7/h3-4H,1-2H3. The lowest BCUT2D eigenvalue weighted by Gasteiger charge is -1.96. The third-order valence-electron chi connectivity index (χ3n) is 1.76. The van der Waals surface area contributed by atoms with Crippen LogP contribution in [0.25, 0.3) is 10.6 Å². The second kappa shape index (κ2) is 3.63. The molecule has 0 bridgehead atoms. The van der Waals surface area contributed by atoms with Crippen LogP contribution in [0.3, 0.4) is 0 Å². The van der Waals surface area contributed by atoms with Crippen molar-refractivity contribution in [1.29, 1.82) is 0 Å². The number of rotatable bonds is 1. The lowest BCUT2D eigenvalue weighted by atomic mass is 10.3. The summed E-state index contributed by atoms with van der Waals surface area (Å²) >= 11 is 7.33. The quantitative estimate of drug-likeness (QED) is 0.701. The maximum atomic E-state index is 5.72. The van der Waals surface area contributed by atoms with Crippen molar-refractivity contribution in [3.63, 3.8) is 0 Å². The first-order valence-corrected chi connectivity index (χ1v) is 5.29. The Kier molecular flexibility index (Phi) is 2.48. The predicted octanol–water partition coefficient (Wildman–Crippen LogP) is 2.87. The molecule has 0 saturated carbocycles. The highest BCUT2D eigenvalue weighted by molar-refractivity contribution is 7.15. The Morgan fingerprint density at radius 1 is 1.29 bits per heavy atom. The average molecular weight is 226 g/mol. The van der Waals surface area contributed by atoms with E-state index >= 15 is 0 Å². The Bertz CT molecular complexity index is 467. The average Bonchev–Trinajstić information content (AvgIpc) is 2.45. The molecule has 2 aromatic rings. The molecule has 0 unspecified atom stereocenters. The largest absolute Gasteiger partial charge is 0.246 e. The van der Waals surface area contributed by atoms with Gasteiger partial charge < -0.3 is 0 Å². The molecule has 3 nitrogen and oxygen atoms in total. The Balaban J connectivity index is 2.54. The van der Waals surface area contributed by atoms with Crippen LogP contribution in [0, 0.1) is 13.8 Å². The summed E-state index contributed by atoms with van der Waals surface area (Å²) in [4.78, 5) is 13.4. The van der Waals surface area contributed by atoms with E-state index in [1.54, 1.807) is 17.5 Å². The van der Waals surface area contributed by atoms with Crippen molar-refractivity contribution in [3.8, 4) is 10.6 Å². The second-order valence-corrected chi connectivity index (χ2v) is 4.40. The lowest BCUT2D eigenvalue weighted by molar-refractivity contribution is 1.16. The highest BCUT2D eigenvalue weighted by Gasteiger charge is 2.08. The van der Waals surface area contributed by atoms with E-state index in [2.05, 4.69) is 15.0 Å². The van der Waals surface area contributed by atoms with Crippen molar-refractivity contribution in [2.75, 3.05) is 0 Å². The van der Waals surface area contributed by atoms with Crippen molar-refractivity contribution in [1.82, 2.24) is 15.0 Å². The van der Waals surface area contributed by atoms with Gasteiger partial charge in [0.15, 0.2) is 0 Å². The van der Waals surface area contributed by atoms with E-state index in [0.717, 1.165) is 21.3 Å². The van der Waals surface area contributed by atoms with E-state index in [1.807, 2.05) is 19.9 Å². The number of hydrogen-bond acceptors (Lipinski definition) is 4. The highest BCUT2D eigenvalue weighted by atomic mass is 35.5. The van der Waals surface area contributed by atoms with Crippen LogP contribution in [0.15, 0.2) is 12.3 Å². The van der Waals surface area contributed by atoms with Crippen LogP contribution >= 0.6 is 22.9 Å². The topological polar surface area (TPSA) is 38.7 Å². The van der Waals surface area contributed by atoms with E-state index in [0.29, 0.717) is 0 Å². The van der Waals surface area contributed by atoms with Gasteiger partial charge in [-0.1, -0.05) is 0 Å². The molecule has 0 spiro atoms. The van der Waals surface area contributed by atoms with Crippen molar-refractivity contribution in [2.24, 2.45) is 0 Å². The van der Waals surface area contributed by atoms with Gasteiger partial charge in [-0.15, -0.1) is 11.3 Å². The minimum absolute atomic E-state index is 0.271. The molecule has 0 atom stereocenters. The first-order chi connectivity index (χ1) is 6.66. The summed E-state index contributed by atoms with van der Waals surface area (Å²) in [5, 5.41) is 1.31. The van der Waals surface area contributed by atoms with E-state index in [1.165, 1.54) is 0 Å². The molecule has 0 aliphatic carbocycles. The Morgan fingerprint density at radius 2 is 2.07 bits per heavy atom. The Labute approximate surface area is 90.8 Å². The number of halogens is 1. The van der Waals surface area contributed by atoms with Gasteiger partial charge in [-0.25, -0.2) is 15.0 Å². The molecule has 0 fully saturated rings. The summed E-state index contributed by atoms with van der Waals surface area (Å²) in [7, 11) is 0. The molecule has 72 valence electrons. The molecule has 0 saturated heterocycles. The lowest BCUT2D eigenvalue weighted by Crippen LogP contribution is -1.85. The first kappa shape index (κ1) is 9.55. The van der Waals surface area contributed by atoms with Gasteiger partial charge in [0.05, 0.1) is 21.3 Å². The van der Waals surface area contributed by atoms with Crippen LogP contribution in [0.5, 0.6) is 0 Å². The maximum absolute atomic E-state index is 5.72. The van der Waals surface area contributed by atoms with E-state index in [4.69, 9.17) is 11.6 Å². The van der Waals surface area contributed by atoms with Crippen molar-refractivity contribution >= 4 is 22.9 Å². The van der Waals surface area contributed by atoms with Crippen molar-refractivity contribution < 1.29 is 0 Å². The molecule has 14 heavy (non-hydrogen) atoms. The Hall–Kier alpha value is -1.00. The predicted molar refractivity (Wildman–Crippen MR) is 57.6 cm³/mol. The molecule has 5 heteroatoms. The number of aryl methyl sites for hydroxylation is 2. The Morgan fingerprint density at radius 3 is 2.64 bits per heavy atom. The molecule has 2 rings (SSSR count). The van der Waals surface area contributed by atoms with Gasteiger partial charge in [0.2, 0.25) is 5.28 Å². The zero-order chi connectivity index (χ0) is 10.1. The summed E-state index contributed by atoms with van der Waals surface area (Å²) in [6.45, 7) is 3.94. The van der Waals surface area contributed by atoms with Crippen LogP contribution in [-0.2, 0) is 0 Å². The molecular formula is C9H8ClN3S. The molecule has 0 aliphatic rings. The minimum atomic E-state index is 0.271. The normalized spacial score (nSPS) is 10.5. The van der Waals surface area contributed by atoms with Crippen LogP contribution in [0.2, 0.25) is 5.28 Å². The van der Waals surface area contributed by atoms with Gasteiger partial charge >= 0.3 is 0 Å². The molecule has 0 amide bonds. The third-order valence-corrected chi connectivity index (χ3v) is 3.04. The summed E-state index contributed by atoms with van der Waals surface area (Å²) in [5.41, 5.74) is 1.83. The highest BCUT2D eigenvalue weighted by Crippen LogP contribution is 2.28. The van der Waals surface area contributed by atoms with Gasteiger partial charge in [-0.05, 0) is 31.5 Å². The van der Waals surface area contributed by atoms with Gasteiger partial charge in [-0.2, -0.15) is 0 Å². The smallest absolute Gasteiger partial charge is 0.222 e. The fourth-order valence-electron chi connectivity index (χ4n) is 1.23. The molecule has 2 heterocycles. The maximum Gasteiger partial charge on any atom is 0.222 e. The fourth-order valence-corrected chi connectivity index (χ4v) is 2.27. The van der Waals surface area contributed by atoms with Crippen LogP contribution in [0.1, 0.15) is 10.7 Å². The molecule has 0 N–H and O–H groups in total. The van der Waals surface area contributed by atoms with E-state index in [-0.39, 0.29) is 5.28 Å². The molecule has 0 radical (unpaired) electrons. The number of nitrogens with zero attached hydrogens (tertiary/aromatic N) is 3. The monoisotopic (exact) mass is 225 g/mol. The third kappa shape index (κ3) is 1.76. The summed E-state index contributed by atoms with van der Waals surface area (Å²) in [6, 6.07) is 1.84. The summed E-state index contributed by atoms with van der Waals surface area (Å²) in [5.74, 6) is 0. The van der Waals surface area contributed by atoms with Gasteiger partial charge in [-0.3, -0.25) is 0 Å². The van der Waals surface area contributed by atoms with Crippen molar-refractivity contribution in [2.45, 2.75) is 13.8 Å². The SMILES string of the molecule is Cc1nc(C)c(-c2ccnc(Cl)n2)s1. The number of hydrogen-bond donors (Lipinski definition) is 0. The first-order valence-electron chi connectivity index (χ1n) is 4.10. The van der Waals surface area contributed by atoms with Crippen LogP contribution in [-0.4, -0.2) is 15.0 Å². The van der Waals surface area contributed by atoms with Gasteiger partial charge in [0.25, 0.3) is 0 Å². The van der Waals surface area contributed by atoms with Crippen molar-refractivity contribution in [3.05, 3.63) is 28.2 Å². The minimum Gasteiger partial charge on any atom is -0.246 e. The van der Waals surface area contributed by atoms with Gasteiger partial charge in [0.1, 0.15) is 0 Å². The fraction of sp³-hybridized carbons (Fsp3) is 0.222. The van der Waals surface area contributed by atoms with E-state index in [9.17, 15) is 0 Å². The number of thiazole rings is 1. The molecule has 0 aliphatic heterocycles. The second-order valence-electron chi connectivity index (χ2n) is 2.86. The zero-order valence-corrected chi connectivity index (χ0v) is 9.35. The zero-order valence-electron chi connectivity index (χ0n) is 7.78. The summed E-state index contributed by atoms with van der Waals surface area (Å²) < 4.78 is 0. The van der Waals surface area contributed by atoms with Crippen LogP contribution < -0.4 is 0 Å². The van der Waals surface area contributed by atoms with Gasteiger partial charge in [0, 0.05) is 6.20 Å².